The van der Waals surface area contributed by atoms with E-state index < -0.39 is 0 Å². The number of amides is 3. The Hall–Kier alpha value is -2.48. The van der Waals surface area contributed by atoms with Gasteiger partial charge in [-0.15, -0.1) is 10.2 Å². The quantitative estimate of drug-likeness (QED) is 0.801. The van der Waals surface area contributed by atoms with E-state index in [1.807, 2.05) is 36.1 Å². The number of aryl methyl sites for hydroxylation is 1. The second kappa shape index (κ2) is 9.14. The summed E-state index contributed by atoms with van der Waals surface area (Å²) >= 11 is 1.31. The van der Waals surface area contributed by atoms with Crippen molar-refractivity contribution < 1.29 is 9.59 Å². The standard InChI is InChI=1S/C20H27N5O2S/c1-13(2)11-21-20(27)25-10-6-8-15(12-25)18-23-24-19(28-18)17(26)22-16-9-5-4-7-14(16)3/h4-5,7,9,13,15H,6,8,10-12H2,1-3H3,(H,21,27)(H,22,26). The minimum atomic E-state index is -0.250. The summed E-state index contributed by atoms with van der Waals surface area (Å²) < 4.78 is 0. The maximum Gasteiger partial charge on any atom is 0.317 e. The van der Waals surface area contributed by atoms with Crippen molar-refractivity contribution in [2.75, 3.05) is 25.0 Å². The first-order valence-electron chi connectivity index (χ1n) is 9.67. The molecule has 2 heterocycles. The lowest BCUT2D eigenvalue weighted by atomic mass is 9.99. The summed E-state index contributed by atoms with van der Waals surface area (Å²) in [6.07, 6.45) is 1.87. The number of aromatic nitrogens is 2. The smallest absolute Gasteiger partial charge is 0.317 e. The molecule has 1 aromatic carbocycles. The fourth-order valence-electron chi connectivity index (χ4n) is 3.15. The van der Waals surface area contributed by atoms with Crippen LogP contribution in [0.2, 0.25) is 0 Å². The van der Waals surface area contributed by atoms with Crippen LogP contribution >= 0.6 is 11.3 Å². The number of hydrogen-bond donors (Lipinski definition) is 2. The van der Waals surface area contributed by atoms with Gasteiger partial charge in [0, 0.05) is 31.2 Å². The molecule has 1 aromatic heterocycles. The maximum absolute atomic E-state index is 12.5. The van der Waals surface area contributed by atoms with Gasteiger partial charge in [-0.2, -0.15) is 0 Å². The number of nitrogens with one attached hydrogen (secondary N) is 2. The van der Waals surface area contributed by atoms with Crippen molar-refractivity contribution in [3.63, 3.8) is 0 Å². The van der Waals surface area contributed by atoms with Gasteiger partial charge in [-0.3, -0.25) is 4.79 Å². The van der Waals surface area contributed by atoms with E-state index in [2.05, 4.69) is 34.7 Å². The van der Waals surface area contributed by atoms with E-state index in [9.17, 15) is 9.59 Å². The van der Waals surface area contributed by atoms with Crippen LogP contribution in [-0.4, -0.2) is 46.7 Å². The molecule has 1 saturated heterocycles. The highest BCUT2D eigenvalue weighted by Gasteiger charge is 2.28. The zero-order valence-electron chi connectivity index (χ0n) is 16.6. The summed E-state index contributed by atoms with van der Waals surface area (Å²) in [7, 11) is 0. The van der Waals surface area contributed by atoms with Gasteiger partial charge in [-0.1, -0.05) is 43.4 Å². The molecule has 1 fully saturated rings. The number of likely N-dealkylation sites (tertiary alicyclic amines) is 1. The number of piperidine rings is 1. The van der Waals surface area contributed by atoms with Crippen molar-refractivity contribution in [1.29, 1.82) is 0 Å². The topological polar surface area (TPSA) is 87.2 Å². The number of carbonyl (C=O) groups excluding carboxylic acids is 2. The van der Waals surface area contributed by atoms with E-state index in [0.29, 0.717) is 24.0 Å². The van der Waals surface area contributed by atoms with Gasteiger partial charge >= 0.3 is 6.03 Å². The van der Waals surface area contributed by atoms with Crippen molar-refractivity contribution in [3.05, 3.63) is 39.8 Å². The molecule has 1 aliphatic heterocycles. The average Bonchev–Trinajstić information content (AvgIpc) is 3.18. The third-order valence-electron chi connectivity index (χ3n) is 4.75. The molecule has 1 atom stereocenters. The Morgan fingerprint density at radius 3 is 2.82 bits per heavy atom. The van der Waals surface area contributed by atoms with Gasteiger partial charge in [-0.25, -0.2) is 4.79 Å². The van der Waals surface area contributed by atoms with Crippen LogP contribution in [0.4, 0.5) is 10.5 Å². The van der Waals surface area contributed by atoms with Gasteiger partial charge < -0.3 is 15.5 Å². The Morgan fingerprint density at radius 1 is 1.29 bits per heavy atom. The third kappa shape index (κ3) is 5.07. The van der Waals surface area contributed by atoms with Crippen molar-refractivity contribution >= 4 is 29.0 Å². The number of rotatable bonds is 5. The minimum absolute atomic E-state index is 0.0274. The molecule has 1 unspecified atom stereocenters. The fraction of sp³-hybridized carbons (Fsp3) is 0.500. The highest BCUT2D eigenvalue weighted by Crippen LogP contribution is 2.29. The second-order valence-electron chi connectivity index (χ2n) is 7.58. The maximum atomic E-state index is 12.5. The molecule has 0 saturated carbocycles. The first kappa shape index (κ1) is 20.3. The average molecular weight is 402 g/mol. The van der Waals surface area contributed by atoms with Crippen molar-refractivity contribution in [1.82, 2.24) is 20.4 Å². The molecule has 3 rings (SSSR count). The number of nitrogens with zero attached hydrogens (tertiary/aromatic N) is 3. The molecule has 8 heteroatoms. The lowest BCUT2D eigenvalue weighted by molar-refractivity contribution is 0.102. The molecule has 0 bridgehead atoms. The van der Waals surface area contributed by atoms with Gasteiger partial charge in [-0.05, 0) is 37.3 Å². The van der Waals surface area contributed by atoms with Crippen molar-refractivity contribution in [2.45, 2.75) is 39.5 Å². The number of anilines is 1. The summed E-state index contributed by atoms with van der Waals surface area (Å²) in [5.41, 5.74) is 1.77. The van der Waals surface area contributed by atoms with Gasteiger partial charge in [0.1, 0.15) is 5.01 Å². The molecule has 2 aromatic rings. The van der Waals surface area contributed by atoms with Crippen LogP contribution < -0.4 is 10.6 Å². The fourth-order valence-corrected chi connectivity index (χ4v) is 4.01. The Labute approximate surface area is 169 Å². The summed E-state index contributed by atoms with van der Waals surface area (Å²) in [4.78, 5) is 26.7. The largest absolute Gasteiger partial charge is 0.338 e. The van der Waals surface area contributed by atoms with E-state index in [-0.39, 0.29) is 17.9 Å². The molecule has 2 N–H and O–H groups in total. The molecule has 28 heavy (non-hydrogen) atoms. The van der Waals surface area contributed by atoms with E-state index in [0.717, 1.165) is 35.6 Å². The van der Waals surface area contributed by atoms with Gasteiger partial charge in [0.15, 0.2) is 0 Å². The molecule has 3 amide bonds. The predicted molar refractivity (Wildman–Crippen MR) is 111 cm³/mol. The lowest BCUT2D eigenvalue weighted by Crippen LogP contribution is -2.45. The van der Waals surface area contributed by atoms with E-state index in [1.54, 1.807) is 0 Å². The first-order chi connectivity index (χ1) is 13.4. The zero-order chi connectivity index (χ0) is 20.1. The number of para-hydroxylation sites is 1. The van der Waals surface area contributed by atoms with Crippen LogP contribution in [0.15, 0.2) is 24.3 Å². The van der Waals surface area contributed by atoms with Crippen molar-refractivity contribution in [3.8, 4) is 0 Å². The van der Waals surface area contributed by atoms with Crippen LogP contribution in [0.3, 0.4) is 0 Å². The van der Waals surface area contributed by atoms with Crippen LogP contribution in [0.25, 0.3) is 0 Å². The molecular weight excluding hydrogens is 374 g/mol. The minimum Gasteiger partial charge on any atom is -0.338 e. The summed E-state index contributed by atoms with van der Waals surface area (Å²) in [6.45, 7) is 8.12. The molecule has 150 valence electrons. The number of benzene rings is 1. The number of carbonyl (C=O) groups is 2. The van der Waals surface area contributed by atoms with Crippen molar-refractivity contribution in [2.24, 2.45) is 5.92 Å². The second-order valence-corrected chi connectivity index (χ2v) is 8.59. The molecule has 0 spiro atoms. The molecular formula is C20H27N5O2S. The first-order valence-corrected chi connectivity index (χ1v) is 10.5. The molecule has 0 radical (unpaired) electrons. The monoisotopic (exact) mass is 401 g/mol. The third-order valence-corrected chi connectivity index (χ3v) is 5.83. The Kier molecular flexibility index (Phi) is 6.61. The summed E-state index contributed by atoms with van der Waals surface area (Å²) in [5, 5.41) is 15.4. The lowest BCUT2D eigenvalue weighted by Gasteiger charge is -2.31. The zero-order valence-corrected chi connectivity index (χ0v) is 17.4. The summed E-state index contributed by atoms with van der Waals surface area (Å²) in [5.74, 6) is 0.290. The van der Waals surface area contributed by atoms with E-state index >= 15 is 0 Å². The normalized spacial score (nSPS) is 16.9. The summed E-state index contributed by atoms with van der Waals surface area (Å²) in [6, 6.07) is 7.60. The van der Waals surface area contributed by atoms with Crippen LogP contribution in [-0.2, 0) is 0 Å². The Bertz CT molecular complexity index is 836. The Morgan fingerprint density at radius 2 is 2.07 bits per heavy atom. The van der Waals surface area contributed by atoms with Crippen LogP contribution in [0, 0.1) is 12.8 Å². The SMILES string of the molecule is Cc1ccccc1NC(=O)c1nnc(C2CCCN(C(=O)NCC(C)C)C2)s1. The van der Waals surface area contributed by atoms with Gasteiger partial charge in [0.2, 0.25) is 5.01 Å². The molecule has 7 nitrogen and oxygen atoms in total. The van der Waals surface area contributed by atoms with E-state index in [1.165, 1.54) is 11.3 Å². The predicted octanol–water partition coefficient (Wildman–Crippen LogP) is 3.64. The number of urea groups is 1. The van der Waals surface area contributed by atoms with E-state index in [4.69, 9.17) is 0 Å². The van der Waals surface area contributed by atoms with Crippen LogP contribution in [0.1, 0.15) is 53.0 Å². The van der Waals surface area contributed by atoms with Gasteiger partial charge in [0.05, 0.1) is 0 Å². The molecule has 1 aliphatic rings. The Balaban J connectivity index is 1.62. The van der Waals surface area contributed by atoms with Gasteiger partial charge in [0.25, 0.3) is 5.91 Å². The van der Waals surface area contributed by atoms with Crippen LogP contribution in [0.5, 0.6) is 0 Å². The highest BCUT2D eigenvalue weighted by atomic mass is 32.1. The molecule has 0 aliphatic carbocycles. The number of hydrogen-bond acceptors (Lipinski definition) is 5. The highest BCUT2D eigenvalue weighted by molar-refractivity contribution is 7.13.